The molecule has 0 saturated carbocycles. The van der Waals surface area contributed by atoms with Crippen molar-refractivity contribution in [2.24, 2.45) is 0 Å². The van der Waals surface area contributed by atoms with Gasteiger partial charge in [-0.3, -0.25) is 29.9 Å². The molecule has 3 rings (SSSR count). The van der Waals surface area contributed by atoms with Gasteiger partial charge >= 0.3 is 0 Å². The summed E-state index contributed by atoms with van der Waals surface area (Å²) in [5.41, 5.74) is -0.146. The molecule has 2 heterocycles. The Morgan fingerprint density at radius 3 is 2.76 bits per heavy atom. The van der Waals surface area contributed by atoms with Crippen LogP contribution in [0.4, 0.5) is 5.69 Å². The molecule has 0 atom stereocenters. The van der Waals surface area contributed by atoms with Crippen LogP contribution in [0.15, 0.2) is 53.0 Å². The van der Waals surface area contributed by atoms with E-state index in [2.05, 4.69) is 11.9 Å². The average Bonchev–Trinajstić information content (AvgIpc) is 3.16. The van der Waals surface area contributed by atoms with Crippen molar-refractivity contribution in [3.05, 3.63) is 64.4 Å². The third-order valence-corrected chi connectivity index (χ3v) is 4.40. The van der Waals surface area contributed by atoms with Gasteiger partial charge in [0, 0.05) is 6.54 Å². The molecule has 0 unspecified atom stereocenters. The first-order chi connectivity index (χ1) is 13.8. The van der Waals surface area contributed by atoms with E-state index in [1.54, 1.807) is 6.07 Å². The molecule has 2 aromatic rings. The number of ether oxygens (including phenoxy) is 1. The van der Waals surface area contributed by atoms with Crippen molar-refractivity contribution in [3.63, 3.8) is 0 Å². The molecule has 1 fully saturated rings. The van der Waals surface area contributed by atoms with Crippen LogP contribution in [0.5, 0.6) is 5.75 Å². The summed E-state index contributed by atoms with van der Waals surface area (Å²) in [6, 6.07) is 7.35. The lowest BCUT2D eigenvalue weighted by Crippen LogP contribution is -2.53. The minimum absolute atomic E-state index is 0.00829. The number of benzene rings is 1. The van der Waals surface area contributed by atoms with Crippen LogP contribution in [0.1, 0.15) is 5.76 Å². The minimum atomic E-state index is -0.659. The lowest BCUT2D eigenvalue weighted by molar-refractivity contribution is -0.384. The molecule has 0 bridgehead atoms. The Morgan fingerprint density at radius 2 is 2.10 bits per heavy atom. The molecule has 1 aliphatic heterocycles. The van der Waals surface area contributed by atoms with Crippen molar-refractivity contribution in [1.29, 1.82) is 0 Å². The summed E-state index contributed by atoms with van der Waals surface area (Å²) in [4.78, 5) is 36.7. The van der Waals surface area contributed by atoms with E-state index in [4.69, 9.17) is 21.4 Å². The fraction of sp³-hybridized carbons (Fsp3) is 0.105. The predicted octanol–water partition coefficient (Wildman–Crippen LogP) is 2.68. The van der Waals surface area contributed by atoms with Gasteiger partial charge in [0.25, 0.3) is 17.5 Å². The second kappa shape index (κ2) is 8.07. The van der Waals surface area contributed by atoms with Crippen molar-refractivity contribution in [2.75, 3.05) is 13.7 Å². The summed E-state index contributed by atoms with van der Waals surface area (Å²) in [6.45, 7) is 3.69. The minimum Gasteiger partial charge on any atom is -0.497 e. The number of carbonyl (C=O) groups excluding carboxylic acids is 2. The number of thiocarbonyl (C=S) groups is 1. The Kier molecular flexibility index (Phi) is 5.55. The molecule has 9 nitrogen and oxygen atoms in total. The summed E-state index contributed by atoms with van der Waals surface area (Å²) < 4.78 is 10.6. The van der Waals surface area contributed by atoms with E-state index < -0.39 is 16.7 Å². The van der Waals surface area contributed by atoms with Crippen LogP contribution in [0.25, 0.3) is 17.4 Å². The molecule has 1 aromatic carbocycles. The van der Waals surface area contributed by atoms with Gasteiger partial charge in [-0.15, -0.1) is 6.58 Å². The Hall–Kier alpha value is -3.79. The number of furan rings is 1. The van der Waals surface area contributed by atoms with Gasteiger partial charge in [0.15, 0.2) is 5.11 Å². The largest absolute Gasteiger partial charge is 0.497 e. The van der Waals surface area contributed by atoms with Crippen molar-refractivity contribution in [2.45, 2.75) is 0 Å². The Balaban J connectivity index is 1.97. The second-order valence-electron chi connectivity index (χ2n) is 5.86. The van der Waals surface area contributed by atoms with E-state index in [0.717, 1.165) is 0 Å². The number of nitrogens with one attached hydrogen (secondary N) is 1. The number of nitro groups is 1. The van der Waals surface area contributed by atoms with Crippen molar-refractivity contribution in [1.82, 2.24) is 10.2 Å². The van der Waals surface area contributed by atoms with Crippen LogP contribution < -0.4 is 10.1 Å². The summed E-state index contributed by atoms with van der Waals surface area (Å²) >= 11 is 4.99. The number of nitrogens with zero attached hydrogens (tertiary/aromatic N) is 2. The number of rotatable bonds is 6. The fourth-order valence-electron chi connectivity index (χ4n) is 2.70. The summed E-state index contributed by atoms with van der Waals surface area (Å²) in [5.74, 6) is -0.541. The fourth-order valence-corrected chi connectivity index (χ4v) is 2.95. The first kappa shape index (κ1) is 20.0. The molecule has 1 aliphatic rings. The van der Waals surface area contributed by atoms with E-state index in [1.807, 2.05) is 0 Å². The zero-order chi connectivity index (χ0) is 21.1. The molecule has 0 radical (unpaired) electrons. The Morgan fingerprint density at radius 1 is 1.34 bits per heavy atom. The molecule has 1 saturated heterocycles. The van der Waals surface area contributed by atoms with E-state index in [0.29, 0.717) is 5.75 Å². The van der Waals surface area contributed by atoms with Crippen LogP contribution >= 0.6 is 12.2 Å². The van der Waals surface area contributed by atoms with E-state index >= 15 is 0 Å². The van der Waals surface area contributed by atoms with Gasteiger partial charge in [-0.25, -0.2) is 0 Å². The molecule has 1 aromatic heterocycles. The first-order valence-corrected chi connectivity index (χ1v) is 8.69. The first-order valence-electron chi connectivity index (χ1n) is 8.28. The van der Waals surface area contributed by atoms with E-state index in [1.165, 1.54) is 48.4 Å². The molecular weight excluding hydrogens is 398 g/mol. The zero-order valence-corrected chi connectivity index (χ0v) is 16.0. The monoisotopic (exact) mass is 413 g/mol. The summed E-state index contributed by atoms with van der Waals surface area (Å²) in [5, 5.41) is 13.8. The maximum absolute atomic E-state index is 12.5. The average molecular weight is 413 g/mol. The number of nitro benzene ring substituents is 1. The molecule has 0 spiro atoms. The number of methoxy groups -OCH3 is 1. The smallest absolute Gasteiger partial charge is 0.284 e. The molecule has 10 heteroatoms. The van der Waals surface area contributed by atoms with Gasteiger partial charge < -0.3 is 9.15 Å². The van der Waals surface area contributed by atoms with E-state index in [9.17, 15) is 19.7 Å². The van der Waals surface area contributed by atoms with Crippen molar-refractivity contribution < 1.29 is 23.7 Å². The molecule has 0 aliphatic carbocycles. The lowest BCUT2D eigenvalue weighted by Gasteiger charge is -2.27. The molecule has 1 N–H and O–H groups in total. The maximum Gasteiger partial charge on any atom is 0.284 e. The standard InChI is InChI=1S/C19H15N3O6S/c1-3-8-21-18(24)14(17(23)20-19(21)29)9-12-5-7-16(28-12)13-6-4-11(27-2)10-15(13)22(25)26/h3-7,9-10H,1,8H2,2H3,(H,20,23,29). The quantitative estimate of drug-likeness (QED) is 0.193. The number of carbonyl (C=O) groups is 2. The summed E-state index contributed by atoms with van der Waals surface area (Å²) in [6.07, 6.45) is 2.74. The van der Waals surface area contributed by atoms with Gasteiger partial charge in [-0.2, -0.15) is 0 Å². The van der Waals surface area contributed by atoms with Gasteiger partial charge in [0.2, 0.25) is 0 Å². The number of hydrogen-bond acceptors (Lipinski definition) is 7. The third kappa shape index (κ3) is 3.92. The normalized spacial score (nSPS) is 15.4. The molecule has 2 amide bonds. The van der Waals surface area contributed by atoms with Crippen LogP contribution in [0.3, 0.4) is 0 Å². The highest BCUT2D eigenvalue weighted by molar-refractivity contribution is 7.80. The third-order valence-electron chi connectivity index (χ3n) is 4.08. The molecular formula is C19H15N3O6S. The van der Waals surface area contributed by atoms with Crippen LogP contribution in [-0.4, -0.2) is 40.4 Å². The van der Waals surface area contributed by atoms with E-state index in [-0.39, 0.29) is 40.0 Å². The van der Waals surface area contributed by atoms with Gasteiger partial charge in [0.05, 0.1) is 23.7 Å². The van der Waals surface area contributed by atoms with Gasteiger partial charge in [0.1, 0.15) is 22.8 Å². The Labute approximate surface area is 170 Å². The number of amides is 2. The summed E-state index contributed by atoms with van der Waals surface area (Å²) in [7, 11) is 1.41. The molecule has 148 valence electrons. The van der Waals surface area contributed by atoms with Gasteiger partial charge in [-0.1, -0.05) is 6.08 Å². The highest BCUT2D eigenvalue weighted by atomic mass is 32.1. The zero-order valence-electron chi connectivity index (χ0n) is 15.2. The topological polar surface area (TPSA) is 115 Å². The lowest BCUT2D eigenvalue weighted by atomic mass is 10.1. The van der Waals surface area contributed by atoms with Crippen LogP contribution in [0, 0.1) is 10.1 Å². The van der Waals surface area contributed by atoms with Crippen molar-refractivity contribution >= 4 is 40.9 Å². The maximum atomic E-state index is 12.5. The van der Waals surface area contributed by atoms with Crippen LogP contribution in [0.2, 0.25) is 0 Å². The molecule has 29 heavy (non-hydrogen) atoms. The van der Waals surface area contributed by atoms with Crippen LogP contribution in [-0.2, 0) is 9.59 Å². The van der Waals surface area contributed by atoms with Crippen molar-refractivity contribution in [3.8, 4) is 17.1 Å². The second-order valence-corrected chi connectivity index (χ2v) is 6.25. The highest BCUT2D eigenvalue weighted by Gasteiger charge is 2.33. The highest BCUT2D eigenvalue weighted by Crippen LogP contribution is 2.34. The van der Waals surface area contributed by atoms with Gasteiger partial charge in [-0.05, 0) is 42.6 Å². The Bertz CT molecular complexity index is 1070. The predicted molar refractivity (Wildman–Crippen MR) is 108 cm³/mol. The number of hydrogen-bond donors (Lipinski definition) is 1. The SMILES string of the molecule is C=CCN1C(=O)C(=Cc2ccc(-c3ccc(OC)cc3[N+](=O)[O-])o2)C(=O)NC1=S.